The van der Waals surface area contributed by atoms with Crippen LogP contribution in [0.4, 0.5) is 0 Å². The summed E-state index contributed by atoms with van der Waals surface area (Å²) in [5.41, 5.74) is 0.959. The van der Waals surface area contributed by atoms with E-state index in [2.05, 4.69) is 9.17 Å². The van der Waals surface area contributed by atoms with E-state index in [1.807, 2.05) is 6.92 Å². The quantitative estimate of drug-likeness (QED) is 0.687. The second-order valence-electron chi connectivity index (χ2n) is 2.60. The number of aryl methyl sites for hydroxylation is 1. The summed E-state index contributed by atoms with van der Waals surface area (Å²) in [6.07, 6.45) is 1.56. The Kier molecular flexibility index (Phi) is 2.87. The molecule has 5 heteroatoms. The third-order valence-electron chi connectivity index (χ3n) is 1.45. The molecule has 0 bridgehead atoms. The number of hydrogen-bond acceptors (Lipinski definition) is 4. The van der Waals surface area contributed by atoms with Crippen molar-refractivity contribution in [3.63, 3.8) is 0 Å². The molecule has 0 aliphatic carbocycles. The summed E-state index contributed by atoms with van der Waals surface area (Å²) in [4.78, 5) is 3.81. The molecule has 72 valence electrons. The van der Waals surface area contributed by atoms with Gasteiger partial charge in [0.2, 0.25) is 5.88 Å². The van der Waals surface area contributed by atoms with Crippen molar-refractivity contribution in [1.29, 1.82) is 0 Å². The maximum absolute atomic E-state index is 11.0. The predicted octanol–water partition coefficient (Wildman–Crippen LogP) is 1.12. The maximum Gasteiger partial charge on any atom is 0.310 e. The summed E-state index contributed by atoms with van der Waals surface area (Å²) in [7, 11) is -3.45. The van der Waals surface area contributed by atoms with E-state index in [1.54, 1.807) is 12.3 Å². The first-order valence-corrected chi connectivity index (χ1v) is 5.46. The molecule has 0 unspecified atom stereocenters. The van der Waals surface area contributed by atoms with E-state index in [1.165, 1.54) is 13.0 Å². The SMILES string of the molecule is CCS(=O)(=O)Oc1ccc(C)cn1. The molecule has 1 rings (SSSR count). The first-order valence-electron chi connectivity index (χ1n) is 3.88. The van der Waals surface area contributed by atoms with Gasteiger partial charge >= 0.3 is 10.1 Å². The minimum Gasteiger partial charge on any atom is -0.362 e. The van der Waals surface area contributed by atoms with E-state index in [9.17, 15) is 8.42 Å². The van der Waals surface area contributed by atoms with Crippen LogP contribution in [0.3, 0.4) is 0 Å². The lowest BCUT2D eigenvalue weighted by Gasteiger charge is -2.02. The average molecular weight is 201 g/mol. The molecule has 0 N–H and O–H groups in total. The molecule has 1 heterocycles. The average Bonchev–Trinajstić information content (AvgIpc) is 2.09. The van der Waals surface area contributed by atoms with E-state index in [0.29, 0.717) is 0 Å². The van der Waals surface area contributed by atoms with Gasteiger partial charge in [0.15, 0.2) is 0 Å². The second kappa shape index (κ2) is 3.74. The largest absolute Gasteiger partial charge is 0.362 e. The van der Waals surface area contributed by atoms with Crippen LogP contribution in [0.5, 0.6) is 5.88 Å². The fourth-order valence-electron chi connectivity index (χ4n) is 0.693. The van der Waals surface area contributed by atoms with Gasteiger partial charge in [0, 0.05) is 12.3 Å². The summed E-state index contributed by atoms with van der Waals surface area (Å²) in [6.45, 7) is 3.38. The molecular weight excluding hydrogens is 190 g/mol. The predicted molar refractivity (Wildman–Crippen MR) is 49.1 cm³/mol. The van der Waals surface area contributed by atoms with Crippen molar-refractivity contribution in [1.82, 2.24) is 4.98 Å². The molecule has 0 aromatic carbocycles. The van der Waals surface area contributed by atoms with Crippen molar-refractivity contribution >= 4 is 10.1 Å². The molecule has 0 saturated heterocycles. The van der Waals surface area contributed by atoms with Crippen molar-refractivity contribution in [2.24, 2.45) is 0 Å². The highest BCUT2D eigenvalue weighted by molar-refractivity contribution is 7.87. The molecule has 0 spiro atoms. The fraction of sp³-hybridized carbons (Fsp3) is 0.375. The zero-order valence-corrected chi connectivity index (χ0v) is 8.34. The Morgan fingerprint density at radius 1 is 1.46 bits per heavy atom. The topological polar surface area (TPSA) is 56.3 Å². The Morgan fingerprint density at radius 2 is 2.15 bits per heavy atom. The molecule has 0 fully saturated rings. The van der Waals surface area contributed by atoms with Crippen molar-refractivity contribution < 1.29 is 12.6 Å². The van der Waals surface area contributed by atoms with Crippen LogP contribution in [0.1, 0.15) is 12.5 Å². The Morgan fingerprint density at radius 3 is 2.62 bits per heavy atom. The number of hydrogen-bond donors (Lipinski definition) is 0. The summed E-state index contributed by atoms with van der Waals surface area (Å²) in [5.74, 6) is 0.0650. The monoisotopic (exact) mass is 201 g/mol. The van der Waals surface area contributed by atoms with E-state index in [0.717, 1.165) is 5.56 Å². The zero-order valence-electron chi connectivity index (χ0n) is 7.52. The molecule has 4 nitrogen and oxygen atoms in total. The number of pyridine rings is 1. The van der Waals surface area contributed by atoms with Gasteiger partial charge < -0.3 is 4.18 Å². The molecule has 0 atom stereocenters. The molecule has 13 heavy (non-hydrogen) atoms. The lowest BCUT2D eigenvalue weighted by molar-refractivity contribution is 0.477. The van der Waals surface area contributed by atoms with Crippen LogP contribution < -0.4 is 4.18 Å². The van der Waals surface area contributed by atoms with Crippen molar-refractivity contribution in [3.05, 3.63) is 23.9 Å². The molecule has 0 aliphatic rings. The highest BCUT2D eigenvalue weighted by Crippen LogP contribution is 2.09. The van der Waals surface area contributed by atoms with Gasteiger partial charge in [0.25, 0.3) is 0 Å². The van der Waals surface area contributed by atoms with Crippen LogP contribution in [0.25, 0.3) is 0 Å². The van der Waals surface area contributed by atoms with Crippen molar-refractivity contribution in [3.8, 4) is 5.88 Å². The van der Waals surface area contributed by atoms with Crippen LogP contribution in [0.2, 0.25) is 0 Å². The van der Waals surface area contributed by atoms with Gasteiger partial charge in [-0.25, -0.2) is 4.98 Å². The van der Waals surface area contributed by atoms with Crippen molar-refractivity contribution in [2.75, 3.05) is 5.75 Å². The minimum atomic E-state index is -3.45. The number of nitrogens with zero attached hydrogens (tertiary/aromatic N) is 1. The maximum atomic E-state index is 11.0. The normalized spacial score (nSPS) is 11.2. The standard InChI is InChI=1S/C8H11NO3S/c1-3-13(10,11)12-8-5-4-7(2)6-9-8/h4-6H,3H2,1-2H3. The highest BCUT2D eigenvalue weighted by Gasteiger charge is 2.09. The molecular formula is C8H11NO3S. The van der Waals surface area contributed by atoms with Crippen LogP contribution in [0.15, 0.2) is 18.3 Å². The van der Waals surface area contributed by atoms with Crippen LogP contribution >= 0.6 is 0 Å². The molecule has 1 aromatic heterocycles. The number of rotatable bonds is 3. The van der Waals surface area contributed by atoms with Gasteiger partial charge in [-0.05, 0) is 19.4 Å². The molecule has 0 amide bonds. The zero-order chi connectivity index (χ0) is 9.90. The third kappa shape index (κ3) is 3.02. The van der Waals surface area contributed by atoms with E-state index >= 15 is 0 Å². The van der Waals surface area contributed by atoms with Crippen molar-refractivity contribution in [2.45, 2.75) is 13.8 Å². The first kappa shape index (κ1) is 9.98. The summed E-state index contributed by atoms with van der Waals surface area (Å²) >= 11 is 0. The Labute approximate surface area is 77.7 Å². The lowest BCUT2D eigenvalue weighted by Crippen LogP contribution is -2.12. The Hall–Kier alpha value is -1.10. The summed E-state index contributed by atoms with van der Waals surface area (Å²) < 4.78 is 26.6. The van der Waals surface area contributed by atoms with Gasteiger partial charge in [-0.3, -0.25) is 0 Å². The molecule has 0 radical (unpaired) electrons. The van der Waals surface area contributed by atoms with Crippen LogP contribution in [-0.4, -0.2) is 19.2 Å². The number of aromatic nitrogens is 1. The van der Waals surface area contributed by atoms with Gasteiger partial charge in [0.05, 0.1) is 5.75 Å². The third-order valence-corrected chi connectivity index (χ3v) is 2.58. The highest BCUT2D eigenvalue weighted by atomic mass is 32.2. The Balaban J connectivity index is 2.82. The first-order chi connectivity index (χ1) is 6.03. The van der Waals surface area contributed by atoms with Crippen LogP contribution in [-0.2, 0) is 10.1 Å². The van der Waals surface area contributed by atoms with Gasteiger partial charge in [-0.2, -0.15) is 8.42 Å². The van der Waals surface area contributed by atoms with E-state index in [-0.39, 0.29) is 11.6 Å². The molecule has 0 aliphatic heterocycles. The molecule has 1 aromatic rings. The van der Waals surface area contributed by atoms with Gasteiger partial charge in [0.1, 0.15) is 0 Å². The van der Waals surface area contributed by atoms with E-state index < -0.39 is 10.1 Å². The van der Waals surface area contributed by atoms with E-state index in [4.69, 9.17) is 0 Å². The summed E-state index contributed by atoms with van der Waals surface area (Å²) in [5, 5.41) is 0. The fourth-order valence-corrected chi connectivity index (χ4v) is 1.17. The van der Waals surface area contributed by atoms with Gasteiger partial charge in [-0.15, -0.1) is 0 Å². The van der Waals surface area contributed by atoms with Gasteiger partial charge in [-0.1, -0.05) is 6.07 Å². The smallest absolute Gasteiger partial charge is 0.310 e. The summed E-state index contributed by atoms with van der Waals surface area (Å²) in [6, 6.07) is 3.27. The minimum absolute atomic E-state index is 0.0530. The Bertz CT molecular complexity index is 369. The second-order valence-corrected chi connectivity index (χ2v) is 4.46. The lowest BCUT2D eigenvalue weighted by atomic mass is 10.3. The molecule has 0 saturated carbocycles. The van der Waals surface area contributed by atoms with Crippen LogP contribution in [0, 0.1) is 6.92 Å².